The third-order valence-corrected chi connectivity index (χ3v) is 3.54. The normalized spacial score (nSPS) is 12.6. The van der Waals surface area contributed by atoms with Gasteiger partial charge in [0.1, 0.15) is 0 Å². The maximum Gasteiger partial charge on any atom is 0.271 e. The highest BCUT2D eigenvalue weighted by Crippen LogP contribution is 2.21. The molecule has 9 nitrogen and oxygen atoms in total. The molecule has 1 aromatic heterocycles. The maximum absolute atomic E-state index is 10.8. The van der Waals surface area contributed by atoms with Crippen LogP contribution in [0.15, 0.2) is 73.1 Å². The third kappa shape index (κ3) is 5.56. The number of rotatable bonds is 8. The van der Waals surface area contributed by atoms with Gasteiger partial charge in [-0.25, -0.2) is 9.97 Å². The summed E-state index contributed by atoms with van der Waals surface area (Å²) in [5.74, 6) is 0.161. The van der Waals surface area contributed by atoms with E-state index in [2.05, 4.69) is 21.9 Å². The number of aromatic nitrogens is 2. The molecule has 1 atom stereocenters. The number of hydrogen-bond acceptors (Lipinski definition) is 7. The van der Waals surface area contributed by atoms with E-state index in [1.165, 1.54) is 24.3 Å². The van der Waals surface area contributed by atoms with Crippen molar-refractivity contribution in [1.82, 2.24) is 9.97 Å². The highest BCUT2D eigenvalue weighted by atomic mass is 16.6. The molecule has 0 aliphatic rings. The van der Waals surface area contributed by atoms with Gasteiger partial charge in [0.2, 0.25) is 5.95 Å². The molecule has 9 heteroatoms. The zero-order chi connectivity index (χ0) is 19.8. The average molecular weight is 367 g/mol. The Balaban J connectivity index is 2.15. The van der Waals surface area contributed by atoms with Gasteiger partial charge in [-0.15, -0.1) is 0 Å². The van der Waals surface area contributed by atoms with Crippen LogP contribution < -0.4 is 5.32 Å². The van der Waals surface area contributed by atoms with Gasteiger partial charge in [-0.05, 0) is 12.1 Å². The van der Waals surface area contributed by atoms with E-state index in [4.69, 9.17) is 0 Å². The van der Waals surface area contributed by atoms with Gasteiger partial charge in [0.05, 0.1) is 15.5 Å². The largest absolute Gasteiger partial charge is 0.324 e. The van der Waals surface area contributed by atoms with Crippen LogP contribution in [0.1, 0.15) is 18.5 Å². The molecule has 0 radical (unpaired) electrons. The van der Waals surface area contributed by atoms with Crippen molar-refractivity contribution < 1.29 is 9.85 Å². The van der Waals surface area contributed by atoms with Gasteiger partial charge < -0.3 is 5.32 Å². The minimum atomic E-state index is -0.520. The van der Waals surface area contributed by atoms with Crippen molar-refractivity contribution in [1.29, 1.82) is 0 Å². The Morgan fingerprint density at radius 1 is 1.30 bits per heavy atom. The first-order valence-corrected chi connectivity index (χ1v) is 7.90. The fraction of sp³-hybridized carbons (Fsp3) is 0.111. The highest BCUT2D eigenvalue weighted by Gasteiger charge is 2.09. The number of nitrogens with zero attached hydrogens (tertiary/aromatic N) is 4. The van der Waals surface area contributed by atoms with Crippen LogP contribution in [0, 0.1) is 20.2 Å². The van der Waals surface area contributed by atoms with E-state index < -0.39 is 9.85 Å². The van der Waals surface area contributed by atoms with E-state index in [1.807, 2.05) is 6.92 Å². The lowest BCUT2D eigenvalue weighted by Crippen LogP contribution is -2.02. The number of anilines is 2. The lowest BCUT2D eigenvalue weighted by molar-refractivity contribution is -0.418. The molecular formula is C18H17N5O4. The summed E-state index contributed by atoms with van der Waals surface area (Å²) < 4.78 is 0. The summed E-state index contributed by atoms with van der Waals surface area (Å²) >= 11 is 0. The van der Waals surface area contributed by atoms with E-state index in [0.717, 1.165) is 0 Å². The minimum absolute atomic E-state index is 0.0388. The quantitative estimate of drug-likeness (QED) is 0.422. The fourth-order valence-electron chi connectivity index (χ4n) is 2.14. The van der Waals surface area contributed by atoms with Crippen LogP contribution in [0.4, 0.5) is 17.3 Å². The van der Waals surface area contributed by atoms with Gasteiger partial charge in [0.15, 0.2) is 0 Å². The topological polar surface area (TPSA) is 124 Å². The van der Waals surface area contributed by atoms with E-state index in [0.29, 0.717) is 17.3 Å². The van der Waals surface area contributed by atoms with Gasteiger partial charge in [0, 0.05) is 42.1 Å². The maximum atomic E-state index is 10.8. The Labute approximate surface area is 155 Å². The monoisotopic (exact) mass is 367 g/mol. The predicted octanol–water partition coefficient (Wildman–Crippen LogP) is 4.13. The molecule has 27 heavy (non-hydrogen) atoms. The lowest BCUT2D eigenvalue weighted by Gasteiger charge is -2.09. The number of nitro benzene ring substituents is 1. The van der Waals surface area contributed by atoms with Gasteiger partial charge in [-0.3, -0.25) is 20.2 Å². The van der Waals surface area contributed by atoms with E-state index in [-0.39, 0.29) is 17.3 Å². The summed E-state index contributed by atoms with van der Waals surface area (Å²) in [6, 6.07) is 7.74. The second-order valence-electron chi connectivity index (χ2n) is 5.46. The molecule has 0 saturated heterocycles. The second kappa shape index (κ2) is 8.99. The summed E-state index contributed by atoms with van der Waals surface area (Å²) in [5, 5.41) is 24.5. The number of benzene rings is 1. The summed E-state index contributed by atoms with van der Waals surface area (Å²) in [6.07, 6.45) is 7.41. The van der Waals surface area contributed by atoms with E-state index in [9.17, 15) is 20.2 Å². The molecule has 0 bridgehead atoms. The number of nitrogens with one attached hydrogen (secondary N) is 1. The van der Waals surface area contributed by atoms with Gasteiger partial charge >= 0.3 is 0 Å². The van der Waals surface area contributed by atoms with Crippen molar-refractivity contribution in [2.45, 2.75) is 12.8 Å². The molecule has 2 rings (SSSR count). The molecule has 0 aliphatic heterocycles. The van der Waals surface area contributed by atoms with Crippen LogP contribution in [-0.2, 0) is 0 Å². The first kappa shape index (κ1) is 19.4. The molecule has 0 amide bonds. The Kier molecular flexibility index (Phi) is 6.48. The Hall–Kier alpha value is -3.88. The van der Waals surface area contributed by atoms with E-state index >= 15 is 0 Å². The van der Waals surface area contributed by atoms with Crippen LogP contribution in [0.25, 0.3) is 0 Å². The summed E-state index contributed by atoms with van der Waals surface area (Å²) in [6.45, 7) is 5.27. The average Bonchev–Trinajstić information content (AvgIpc) is 2.65. The first-order chi connectivity index (χ1) is 12.9. The van der Waals surface area contributed by atoms with Crippen molar-refractivity contribution in [3.8, 4) is 0 Å². The second-order valence-corrected chi connectivity index (χ2v) is 5.46. The van der Waals surface area contributed by atoms with Crippen molar-refractivity contribution >= 4 is 17.3 Å². The number of nitro groups is 2. The fourth-order valence-corrected chi connectivity index (χ4v) is 2.14. The molecule has 138 valence electrons. The van der Waals surface area contributed by atoms with Crippen molar-refractivity contribution in [3.63, 3.8) is 0 Å². The molecule has 0 aliphatic carbocycles. The third-order valence-electron chi connectivity index (χ3n) is 3.54. The highest BCUT2D eigenvalue weighted by molar-refractivity contribution is 5.57. The zero-order valence-electron chi connectivity index (χ0n) is 14.5. The number of non-ortho nitro benzene ring substituents is 1. The van der Waals surface area contributed by atoms with Crippen LogP contribution >= 0.6 is 0 Å². The Morgan fingerprint density at radius 3 is 2.74 bits per heavy atom. The van der Waals surface area contributed by atoms with Crippen LogP contribution in [0.5, 0.6) is 0 Å². The lowest BCUT2D eigenvalue weighted by atomic mass is 10.1. The van der Waals surface area contributed by atoms with Crippen molar-refractivity contribution in [2.24, 2.45) is 0 Å². The molecule has 1 aromatic carbocycles. The van der Waals surface area contributed by atoms with Crippen LogP contribution in [0.2, 0.25) is 0 Å². The zero-order valence-corrected chi connectivity index (χ0v) is 14.5. The SMILES string of the molecule is C=C/C(=C\C=C/C(C)c1ccnc(Nc2cccc([N+](=O)[O-])c2)n1)[N+](=O)[O-]. The van der Waals surface area contributed by atoms with Crippen LogP contribution in [-0.4, -0.2) is 19.8 Å². The molecule has 2 aromatic rings. The van der Waals surface area contributed by atoms with Gasteiger partial charge in [-0.1, -0.05) is 31.7 Å². The molecule has 1 heterocycles. The number of allylic oxidation sites excluding steroid dienone is 4. The summed E-state index contributed by atoms with van der Waals surface area (Å²) in [7, 11) is 0. The van der Waals surface area contributed by atoms with Crippen LogP contribution in [0.3, 0.4) is 0 Å². The van der Waals surface area contributed by atoms with Crippen molar-refractivity contribution in [3.05, 3.63) is 99.0 Å². The molecular weight excluding hydrogens is 350 g/mol. The smallest absolute Gasteiger partial charge is 0.271 e. The standard InChI is InChI=1S/C18H17N5O4/c1-3-15(22(24)25)8-4-6-13(2)17-10-11-19-18(21-17)20-14-7-5-9-16(12-14)23(26)27/h3-13H,1H2,2H3,(H,19,20,21)/b6-4-,15-8+. The summed E-state index contributed by atoms with van der Waals surface area (Å²) in [5.41, 5.74) is 1.04. The van der Waals surface area contributed by atoms with Crippen molar-refractivity contribution in [2.75, 3.05) is 5.32 Å². The Bertz CT molecular complexity index is 923. The molecule has 0 spiro atoms. The molecule has 0 fully saturated rings. The van der Waals surface area contributed by atoms with E-state index in [1.54, 1.807) is 36.5 Å². The predicted molar refractivity (Wildman–Crippen MR) is 101 cm³/mol. The van der Waals surface area contributed by atoms with Gasteiger partial charge in [0.25, 0.3) is 11.4 Å². The summed E-state index contributed by atoms with van der Waals surface area (Å²) in [4.78, 5) is 29.1. The Morgan fingerprint density at radius 2 is 2.07 bits per heavy atom. The van der Waals surface area contributed by atoms with Gasteiger partial charge in [-0.2, -0.15) is 0 Å². The molecule has 1 N–H and O–H groups in total. The minimum Gasteiger partial charge on any atom is -0.324 e. The number of hydrogen-bond donors (Lipinski definition) is 1. The molecule has 1 unspecified atom stereocenters. The molecule has 0 saturated carbocycles. The first-order valence-electron chi connectivity index (χ1n) is 7.90.